The topological polar surface area (TPSA) is 49.5 Å². The Balaban J connectivity index is 4.22. The Morgan fingerprint density at radius 1 is 1.20 bits per heavy atom. The zero-order valence-electron chi connectivity index (χ0n) is 10.7. The number of unbranched alkanes of at least 4 members (excludes halogenated alkanes) is 2. The Kier molecular flexibility index (Phi) is 8.02. The van der Waals surface area contributed by atoms with Crippen molar-refractivity contribution in [2.24, 2.45) is 5.73 Å². The molecule has 0 aromatic carbocycles. The third-order valence-electron chi connectivity index (χ3n) is 2.90. The van der Waals surface area contributed by atoms with Gasteiger partial charge in [0, 0.05) is 18.1 Å². The van der Waals surface area contributed by atoms with Gasteiger partial charge < -0.3 is 10.8 Å². The van der Waals surface area contributed by atoms with Gasteiger partial charge in [0.05, 0.1) is 6.61 Å². The lowest BCUT2D eigenvalue weighted by Crippen LogP contribution is -2.51. The van der Waals surface area contributed by atoms with Gasteiger partial charge in [-0.15, -0.1) is 0 Å². The lowest BCUT2D eigenvalue weighted by molar-refractivity contribution is 0.0803. The predicted octanol–water partition coefficient (Wildman–Crippen LogP) is 1.60. The minimum absolute atomic E-state index is 0.0269. The summed E-state index contributed by atoms with van der Waals surface area (Å²) in [7, 11) is 0. The van der Waals surface area contributed by atoms with E-state index < -0.39 is 0 Å². The monoisotopic (exact) mass is 216 g/mol. The molecule has 0 aliphatic rings. The summed E-state index contributed by atoms with van der Waals surface area (Å²) in [5, 5.41) is 9.35. The third kappa shape index (κ3) is 5.50. The minimum Gasteiger partial charge on any atom is -0.395 e. The molecule has 0 heterocycles. The van der Waals surface area contributed by atoms with Crippen LogP contribution in [-0.4, -0.2) is 41.3 Å². The van der Waals surface area contributed by atoms with E-state index in [1.165, 1.54) is 19.3 Å². The van der Waals surface area contributed by atoms with Gasteiger partial charge in [-0.3, -0.25) is 4.90 Å². The third-order valence-corrected chi connectivity index (χ3v) is 2.90. The smallest absolute Gasteiger partial charge is 0.0601 e. The molecular weight excluding hydrogens is 188 g/mol. The van der Waals surface area contributed by atoms with E-state index >= 15 is 0 Å². The van der Waals surface area contributed by atoms with E-state index in [1.807, 2.05) is 6.92 Å². The van der Waals surface area contributed by atoms with Crippen LogP contribution < -0.4 is 5.73 Å². The SMILES string of the molecule is CCCCCN(C(C)C)C(CO)C(C)N. The van der Waals surface area contributed by atoms with E-state index in [1.54, 1.807) is 0 Å². The van der Waals surface area contributed by atoms with E-state index in [9.17, 15) is 5.11 Å². The molecule has 0 radical (unpaired) electrons. The molecule has 3 nitrogen and oxygen atoms in total. The molecule has 0 rings (SSSR count). The van der Waals surface area contributed by atoms with Crippen molar-refractivity contribution in [1.29, 1.82) is 0 Å². The van der Waals surface area contributed by atoms with Gasteiger partial charge in [-0.05, 0) is 33.7 Å². The molecule has 0 saturated heterocycles. The van der Waals surface area contributed by atoms with Crippen molar-refractivity contribution < 1.29 is 5.11 Å². The van der Waals surface area contributed by atoms with Crippen LogP contribution in [0.2, 0.25) is 0 Å². The minimum atomic E-state index is 0.0269. The second-order valence-electron chi connectivity index (χ2n) is 4.65. The zero-order chi connectivity index (χ0) is 11.8. The van der Waals surface area contributed by atoms with Crippen LogP contribution in [0.15, 0.2) is 0 Å². The van der Waals surface area contributed by atoms with Gasteiger partial charge in [0.25, 0.3) is 0 Å². The molecule has 3 N–H and O–H groups in total. The standard InChI is InChI=1S/C12H28N2O/c1-5-6-7-8-14(10(2)3)12(9-15)11(4)13/h10-12,15H,5-9,13H2,1-4H3. The maximum Gasteiger partial charge on any atom is 0.0601 e. The van der Waals surface area contributed by atoms with Gasteiger partial charge in [0.1, 0.15) is 0 Å². The molecule has 0 fully saturated rings. The quantitative estimate of drug-likeness (QED) is 0.606. The molecule has 3 heteroatoms. The summed E-state index contributed by atoms with van der Waals surface area (Å²) in [5.41, 5.74) is 5.89. The first-order valence-electron chi connectivity index (χ1n) is 6.16. The van der Waals surface area contributed by atoms with Gasteiger partial charge in [-0.2, -0.15) is 0 Å². The fourth-order valence-electron chi connectivity index (χ4n) is 1.92. The lowest BCUT2D eigenvalue weighted by Gasteiger charge is -2.36. The van der Waals surface area contributed by atoms with Crippen molar-refractivity contribution in [3.05, 3.63) is 0 Å². The van der Waals surface area contributed by atoms with Crippen molar-refractivity contribution in [2.45, 2.75) is 65.1 Å². The molecular formula is C12H28N2O. The van der Waals surface area contributed by atoms with Crippen LogP contribution in [0.1, 0.15) is 47.0 Å². The first-order chi connectivity index (χ1) is 7.04. The molecule has 0 spiro atoms. The second-order valence-corrected chi connectivity index (χ2v) is 4.65. The van der Waals surface area contributed by atoms with Crippen LogP contribution >= 0.6 is 0 Å². The van der Waals surface area contributed by atoms with E-state index in [0.717, 1.165) is 6.54 Å². The Bertz CT molecular complexity index is 149. The second kappa shape index (κ2) is 8.08. The fraction of sp³-hybridized carbons (Fsp3) is 1.00. The van der Waals surface area contributed by atoms with E-state index in [0.29, 0.717) is 6.04 Å². The molecule has 0 aromatic rings. The number of hydrogen-bond donors (Lipinski definition) is 2. The highest BCUT2D eigenvalue weighted by molar-refractivity contribution is 4.80. The highest BCUT2D eigenvalue weighted by Crippen LogP contribution is 2.10. The Hall–Kier alpha value is -0.120. The lowest BCUT2D eigenvalue weighted by atomic mass is 10.1. The van der Waals surface area contributed by atoms with Crippen molar-refractivity contribution in [3.8, 4) is 0 Å². The van der Waals surface area contributed by atoms with Crippen molar-refractivity contribution >= 4 is 0 Å². The van der Waals surface area contributed by atoms with Crippen molar-refractivity contribution in [3.63, 3.8) is 0 Å². The Labute approximate surface area is 94.6 Å². The summed E-state index contributed by atoms with van der Waals surface area (Å²) in [4.78, 5) is 2.32. The van der Waals surface area contributed by atoms with Crippen LogP contribution in [0.4, 0.5) is 0 Å². The summed E-state index contributed by atoms with van der Waals surface area (Å²) in [5.74, 6) is 0. The van der Waals surface area contributed by atoms with Crippen LogP contribution in [0, 0.1) is 0 Å². The molecule has 15 heavy (non-hydrogen) atoms. The molecule has 0 saturated carbocycles. The molecule has 0 amide bonds. The van der Waals surface area contributed by atoms with E-state index in [-0.39, 0.29) is 18.7 Å². The average Bonchev–Trinajstić information content (AvgIpc) is 2.16. The fourth-order valence-corrected chi connectivity index (χ4v) is 1.92. The zero-order valence-corrected chi connectivity index (χ0v) is 10.7. The average molecular weight is 216 g/mol. The van der Waals surface area contributed by atoms with Crippen molar-refractivity contribution in [1.82, 2.24) is 4.90 Å². The predicted molar refractivity (Wildman–Crippen MR) is 65.9 cm³/mol. The molecule has 2 unspecified atom stereocenters. The number of aliphatic hydroxyl groups excluding tert-OH is 1. The first-order valence-corrected chi connectivity index (χ1v) is 6.16. The van der Waals surface area contributed by atoms with Crippen LogP contribution in [0.5, 0.6) is 0 Å². The van der Waals surface area contributed by atoms with E-state index in [4.69, 9.17) is 5.73 Å². The molecule has 0 bridgehead atoms. The number of nitrogens with zero attached hydrogens (tertiary/aromatic N) is 1. The highest BCUT2D eigenvalue weighted by Gasteiger charge is 2.23. The normalized spacial score (nSPS) is 16.0. The molecule has 0 aliphatic heterocycles. The summed E-state index contributed by atoms with van der Waals surface area (Å²) >= 11 is 0. The van der Waals surface area contributed by atoms with Gasteiger partial charge >= 0.3 is 0 Å². The van der Waals surface area contributed by atoms with Gasteiger partial charge in [0.15, 0.2) is 0 Å². The number of rotatable bonds is 8. The van der Waals surface area contributed by atoms with Crippen LogP contribution in [-0.2, 0) is 0 Å². The molecule has 2 atom stereocenters. The first kappa shape index (κ1) is 14.9. The van der Waals surface area contributed by atoms with E-state index in [2.05, 4.69) is 25.7 Å². The Morgan fingerprint density at radius 2 is 1.80 bits per heavy atom. The Morgan fingerprint density at radius 3 is 2.13 bits per heavy atom. The number of hydrogen-bond acceptors (Lipinski definition) is 3. The summed E-state index contributed by atoms with van der Waals surface area (Å²) in [6.45, 7) is 9.69. The molecule has 0 aromatic heterocycles. The van der Waals surface area contributed by atoms with Crippen molar-refractivity contribution in [2.75, 3.05) is 13.2 Å². The van der Waals surface area contributed by atoms with Gasteiger partial charge in [-0.25, -0.2) is 0 Å². The highest BCUT2D eigenvalue weighted by atomic mass is 16.3. The molecule has 92 valence electrons. The maximum absolute atomic E-state index is 9.35. The van der Waals surface area contributed by atoms with Crippen LogP contribution in [0.25, 0.3) is 0 Å². The molecule has 0 aliphatic carbocycles. The van der Waals surface area contributed by atoms with Crippen LogP contribution in [0.3, 0.4) is 0 Å². The summed E-state index contributed by atoms with van der Waals surface area (Å²) in [6.07, 6.45) is 3.67. The largest absolute Gasteiger partial charge is 0.395 e. The number of nitrogens with two attached hydrogens (primary N) is 1. The van der Waals surface area contributed by atoms with Gasteiger partial charge in [-0.1, -0.05) is 19.8 Å². The summed E-state index contributed by atoms with van der Waals surface area (Å²) in [6, 6.07) is 0.575. The van der Waals surface area contributed by atoms with Gasteiger partial charge in [0.2, 0.25) is 0 Å². The number of aliphatic hydroxyl groups is 1. The maximum atomic E-state index is 9.35. The summed E-state index contributed by atoms with van der Waals surface area (Å²) < 4.78 is 0.